The third-order valence-corrected chi connectivity index (χ3v) is 3.13. The largest absolute Gasteiger partial charge is 0.464 e. The molecule has 7 heteroatoms. The van der Waals surface area contributed by atoms with E-state index >= 15 is 0 Å². The van der Waals surface area contributed by atoms with Crippen LogP contribution >= 0.6 is 0 Å². The number of nitrogens with zero attached hydrogens (tertiary/aromatic N) is 2. The number of H-pyrrole nitrogens is 1. The second kappa shape index (κ2) is 5.65. The van der Waals surface area contributed by atoms with Gasteiger partial charge >= 0.3 is 5.97 Å². The monoisotopic (exact) mass is 296 g/mol. The third-order valence-electron chi connectivity index (χ3n) is 3.13. The number of esters is 1. The number of methoxy groups -OCH3 is 1. The summed E-state index contributed by atoms with van der Waals surface area (Å²) in [5, 5.41) is 2.75. The second-order valence-electron chi connectivity index (χ2n) is 4.46. The number of aromatic nitrogens is 3. The molecule has 0 aliphatic carbocycles. The maximum Gasteiger partial charge on any atom is 0.358 e. The van der Waals surface area contributed by atoms with E-state index in [1.165, 1.54) is 13.4 Å². The fraction of sp³-hybridized carbons (Fsp3) is 0.0667. The summed E-state index contributed by atoms with van der Waals surface area (Å²) in [5.74, 6) is -0.838. The Kier molecular flexibility index (Phi) is 3.53. The molecule has 22 heavy (non-hydrogen) atoms. The van der Waals surface area contributed by atoms with Gasteiger partial charge in [0.2, 0.25) is 0 Å². The lowest BCUT2D eigenvalue weighted by molar-refractivity contribution is 0.0596. The number of nitrogens with one attached hydrogen (secondary N) is 2. The summed E-state index contributed by atoms with van der Waals surface area (Å²) < 4.78 is 4.67. The SMILES string of the molecule is COC(=O)c1ncnc2c(NC(=O)c3ccccc3)c[nH]c12. The van der Waals surface area contributed by atoms with Gasteiger partial charge in [0, 0.05) is 11.8 Å². The molecule has 0 aliphatic rings. The normalized spacial score (nSPS) is 10.4. The fourth-order valence-corrected chi connectivity index (χ4v) is 2.07. The van der Waals surface area contributed by atoms with Gasteiger partial charge in [0.1, 0.15) is 17.4 Å². The molecule has 0 fully saturated rings. The maximum atomic E-state index is 12.2. The van der Waals surface area contributed by atoms with Crippen LogP contribution in [0.2, 0.25) is 0 Å². The van der Waals surface area contributed by atoms with Crippen LogP contribution in [-0.2, 0) is 4.74 Å². The van der Waals surface area contributed by atoms with Crippen LogP contribution in [-0.4, -0.2) is 33.9 Å². The van der Waals surface area contributed by atoms with Crippen LogP contribution in [0.1, 0.15) is 20.8 Å². The Morgan fingerprint density at radius 1 is 1.18 bits per heavy atom. The lowest BCUT2D eigenvalue weighted by Crippen LogP contribution is -2.11. The van der Waals surface area contributed by atoms with E-state index in [1.54, 1.807) is 30.5 Å². The number of carbonyl (C=O) groups is 2. The van der Waals surface area contributed by atoms with Crippen LogP contribution in [0, 0.1) is 0 Å². The third kappa shape index (κ3) is 2.39. The fourth-order valence-electron chi connectivity index (χ4n) is 2.07. The molecule has 2 heterocycles. The molecule has 0 saturated heterocycles. The zero-order valence-electron chi connectivity index (χ0n) is 11.7. The van der Waals surface area contributed by atoms with Gasteiger partial charge < -0.3 is 15.0 Å². The van der Waals surface area contributed by atoms with Crippen molar-refractivity contribution in [1.82, 2.24) is 15.0 Å². The number of carbonyl (C=O) groups excluding carboxylic acids is 2. The van der Waals surface area contributed by atoms with E-state index < -0.39 is 5.97 Å². The highest BCUT2D eigenvalue weighted by atomic mass is 16.5. The highest BCUT2D eigenvalue weighted by Gasteiger charge is 2.17. The molecule has 3 aromatic rings. The summed E-state index contributed by atoms with van der Waals surface area (Å²) in [7, 11) is 1.28. The number of benzene rings is 1. The van der Waals surface area contributed by atoms with Crippen molar-refractivity contribution in [1.29, 1.82) is 0 Å². The highest BCUT2D eigenvalue weighted by Crippen LogP contribution is 2.23. The first kappa shape index (κ1) is 13.7. The number of aromatic amines is 1. The number of rotatable bonds is 3. The number of ether oxygens (including phenoxy) is 1. The Hall–Kier alpha value is -3.22. The van der Waals surface area contributed by atoms with Gasteiger partial charge in [-0.2, -0.15) is 0 Å². The molecular formula is C15H12N4O3. The molecule has 0 atom stereocenters. The molecule has 0 aliphatic heterocycles. The van der Waals surface area contributed by atoms with Crippen molar-refractivity contribution in [2.75, 3.05) is 12.4 Å². The quantitative estimate of drug-likeness (QED) is 0.720. The zero-order chi connectivity index (χ0) is 15.5. The standard InChI is InChI=1S/C15H12N4O3/c1-22-15(21)13-12-11(17-8-18-13)10(7-16-12)19-14(20)9-5-3-2-4-6-9/h2-8,16H,1H3,(H,19,20). The van der Waals surface area contributed by atoms with Gasteiger partial charge in [0.05, 0.1) is 12.8 Å². The molecule has 110 valence electrons. The van der Waals surface area contributed by atoms with E-state index in [-0.39, 0.29) is 11.6 Å². The van der Waals surface area contributed by atoms with Crippen LogP contribution < -0.4 is 5.32 Å². The van der Waals surface area contributed by atoms with Gasteiger partial charge in [0.15, 0.2) is 5.69 Å². The predicted molar refractivity (Wildman–Crippen MR) is 79.6 cm³/mol. The van der Waals surface area contributed by atoms with E-state index in [2.05, 4.69) is 25.0 Å². The lowest BCUT2D eigenvalue weighted by Gasteiger charge is -2.03. The van der Waals surface area contributed by atoms with Gasteiger partial charge in [0.25, 0.3) is 5.91 Å². The molecule has 0 unspecified atom stereocenters. The van der Waals surface area contributed by atoms with E-state index in [0.717, 1.165) is 0 Å². The van der Waals surface area contributed by atoms with Crippen LogP contribution in [0.25, 0.3) is 11.0 Å². The molecule has 0 bridgehead atoms. The highest BCUT2D eigenvalue weighted by molar-refractivity contribution is 6.10. The smallest absolute Gasteiger partial charge is 0.358 e. The van der Waals surface area contributed by atoms with Gasteiger partial charge in [-0.15, -0.1) is 0 Å². The van der Waals surface area contributed by atoms with Gasteiger partial charge in [-0.3, -0.25) is 4.79 Å². The first-order valence-corrected chi connectivity index (χ1v) is 6.47. The Labute approximate surface area is 125 Å². The Morgan fingerprint density at radius 3 is 2.68 bits per heavy atom. The average molecular weight is 296 g/mol. The lowest BCUT2D eigenvalue weighted by atomic mass is 10.2. The van der Waals surface area contributed by atoms with E-state index in [9.17, 15) is 9.59 Å². The topological polar surface area (TPSA) is 97.0 Å². The van der Waals surface area contributed by atoms with Crippen molar-refractivity contribution < 1.29 is 14.3 Å². The Balaban J connectivity index is 1.96. The molecular weight excluding hydrogens is 284 g/mol. The molecule has 3 rings (SSSR count). The first-order valence-electron chi connectivity index (χ1n) is 6.47. The van der Waals surface area contributed by atoms with Crippen molar-refractivity contribution >= 4 is 28.6 Å². The average Bonchev–Trinajstić information content (AvgIpc) is 2.98. The van der Waals surface area contributed by atoms with E-state index in [4.69, 9.17) is 0 Å². The van der Waals surface area contributed by atoms with E-state index in [1.807, 2.05) is 6.07 Å². The van der Waals surface area contributed by atoms with Crippen molar-refractivity contribution in [2.45, 2.75) is 0 Å². The first-order chi connectivity index (χ1) is 10.7. The van der Waals surface area contributed by atoms with Crippen LogP contribution in [0.5, 0.6) is 0 Å². The summed E-state index contributed by atoms with van der Waals surface area (Å²) in [6.45, 7) is 0. The maximum absolute atomic E-state index is 12.2. The Morgan fingerprint density at radius 2 is 1.95 bits per heavy atom. The van der Waals surface area contributed by atoms with Gasteiger partial charge in [-0.25, -0.2) is 14.8 Å². The van der Waals surface area contributed by atoms with Crippen LogP contribution in [0.3, 0.4) is 0 Å². The molecule has 7 nitrogen and oxygen atoms in total. The summed E-state index contributed by atoms with van der Waals surface area (Å²) in [6, 6.07) is 8.81. The number of fused-ring (bicyclic) bond motifs is 1. The minimum atomic E-state index is -0.574. The van der Waals surface area contributed by atoms with Crippen LogP contribution in [0.4, 0.5) is 5.69 Å². The summed E-state index contributed by atoms with van der Waals surface area (Å²) in [6.07, 6.45) is 2.81. The number of hydrogen-bond acceptors (Lipinski definition) is 5. The van der Waals surface area contributed by atoms with Gasteiger partial charge in [-0.05, 0) is 12.1 Å². The minimum Gasteiger partial charge on any atom is -0.464 e. The molecule has 2 aromatic heterocycles. The predicted octanol–water partition coefficient (Wildman–Crippen LogP) is 2.00. The summed E-state index contributed by atoms with van der Waals surface area (Å²) in [4.78, 5) is 34.7. The number of amides is 1. The molecule has 0 radical (unpaired) electrons. The molecule has 0 spiro atoms. The molecule has 0 saturated carbocycles. The van der Waals surface area contributed by atoms with Crippen LogP contribution in [0.15, 0.2) is 42.9 Å². The summed E-state index contributed by atoms with van der Waals surface area (Å²) >= 11 is 0. The van der Waals surface area contributed by atoms with Crippen molar-refractivity contribution in [3.63, 3.8) is 0 Å². The zero-order valence-corrected chi connectivity index (χ0v) is 11.7. The Bertz CT molecular complexity index is 842. The molecule has 1 aromatic carbocycles. The number of hydrogen-bond donors (Lipinski definition) is 2. The number of anilines is 1. The van der Waals surface area contributed by atoms with Crippen molar-refractivity contribution in [3.8, 4) is 0 Å². The minimum absolute atomic E-state index is 0.118. The van der Waals surface area contributed by atoms with Gasteiger partial charge in [-0.1, -0.05) is 18.2 Å². The van der Waals surface area contributed by atoms with Crippen molar-refractivity contribution in [3.05, 3.63) is 54.1 Å². The molecule has 1 amide bonds. The molecule has 2 N–H and O–H groups in total. The summed E-state index contributed by atoms with van der Waals surface area (Å²) in [5.41, 5.74) is 1.97. The van der Waals surface area contributed by atoms with Crippen molar-refractivity contribution in [2.24, 2.45) is 0 Å². The second-order valence-corrected chi connectivity index (χ2v) is 4.46. The van der Waals surface area contributed by atoms with E-state index in [0.29, 0.717) is 22.3 Å².